The van der Waals surface area contributed by atoms with Crippen molar-refractivity contribution in [1.82, 2.24) is 15.1 Å². The molecule has 2 aliphatic heterocycles. The van der Waals surface area contributed by atoms with Gasteiger partial charge in [0, 0.05) is 12.6 Å². The standard InChI is InChI=1S/C15H31N3O/c1-17-8-3-14(4-9-17)5-10-18(2)11-6-15-13-19-12-7-16-15/h14-16H,3-13H2,1-2H3. The molecule has 0 spiro atoms. The number of piperidine rings is 1. The fraction of sp³-hybridized carbons (Fsp3) is 1.00. The van der Waals surface area contributed by atoms with Crippen LogP contribution in [0.4, 0.5) is 0 Å². The molecule has 19 heavy (non-hydrogen) atoms. The first-order valence-electron chi connectivity index (χ1n) is 7.92. The molecule has 0 saturated carbocycles. The summed E-state index contributed by atoms with van der Waals surface area (Å²) in [6, 6.07) is 0.569. The molecule has 4 nitrogen and oxygen atoms in total. The maximum atomic E-state index is 5.49. The third kappa shape index (κ3) is 5.78. The van der Waals surface area contributed by atoms with E-state index in [2.05, 4.69) is 29.2 Å². The summed E-state index contributed by atoms with van der Waals surface area (Å²) in [5, 5.41) is 3.53. The monoisotopic (exact) mass is 269 g/mol. The molecule has 2 rings (SSSR count). The van der Waals surface area contributed by atoms with Gasteiger partial charge in [-0.05, 0) is 71.9 Å². The number of likely N-dealkylation sites (tertiary alicyclic amines) is 1. The van der Waals surface area contributed by atoms with E-state index in [4.69, 9.17) is 4.74 Å². The molecule has 1 atom stereocenters. The maximum absolute atomic E-state index is 5.49. The summed E-state index contributed by atoms with van der Waals surface area (Å²) >= 11 is 0. The van der Waals surface area contributed by atoms with Crippen LogP contribution in [0.3, 0.4) is 0 Å². The average Bonchev–Trinajstić information content (AvgIpc) is 2.45. The number of hydrogen-bond donors (Lipinski definition) is 1. The lowest BCUT2D eigenvalue weighted by Gasteiger charge is -2.30. The lowest BCUT2D eigenvalue weighted by atomic mass is 9.93. The van der Waals surface area contributed by atoms with Crippen molar-refractivity contribution in [3.05, 3.63) is 0 Å². The van der Waals surface area contributed by atoms with Gasteiger partial charge in [-0.3, -0.25) is 0 Å². The van der Waals surface area contributed by atoms with Crippen LogP contribution in [0.15, 0.2) is 0 Å². The van der Waals surface area contributed by atoms with Gasteiger partial charge in [0.2, 0.25) is 0 Å². The van der Waals surface area contributed by atoms with Gasteiger partial charge in [-0.1, -0.05) is 0 Å². The predicted molar refractivity (Wildman–Crippen MR) is 79.6 cm³/mol. The van der Waals surface area contributed by atoms with E-state index in [1.807, 2.05) is 0 Å². The summed E-state index contributed by atoms with van der Waals surface area (Å²) in [6.45, 7) is 7.81. The summed E-state index contributed by atoms with van der Waals surface area (Å²) < 4.78 is 5.49. The van der Waals surface area contributed by atoms with Crippen molar-refractivity contribution < 1.29 is 4.74 Å². The number of nitrogens with one attached hydrogen (secondary N) is 1. The van der Waals surface area contributed by atoms with Gasteiger partial charge in [0.25, 0.3) is 0 Å². The SMILES string of the molecule is CN1CCC(CCN(C)CCC2COCCN2)CC1. The Labute approximate surface area is 118 Å². The van der Waals surface area contributed by atoms with Crippen molar-refractivity contribution in [3.8, 4) is 0 Å². The van der Waals surface area contributed by atoms with Gasteiger partial charge in [-0.15, -0.1) is 0 Å². The predicted octanol–water partition coefficient (Wildman–Crippen LogP) is 1.03. The molecule has 2 heterocycles. The van der Waals surface area contributed by atoms with Crippen molar-refractivity contribution in [2.45, 2.75) is 31.7 Å². The van der Waals surface area contributed by atoms with Crippen LogP contribution in [0.25, 0.3) is 0 Å². The van der Waals surface area contributed by atoms with Gasteiger partial charge < -0.3 is 19.9 Å². The summed E-state index contributed by atoms with van der Waals surface area (Å²) in [5.41, 5.74) is 0. The van der Waals surface area contributed by atoms with Gasteiger partial charge >= 0.3 is 0 Å². The summed E-state index contributed by atoms with van der Waals surface area (Å²) in [6.07, 6.45) is 5.37. The van der Waals surface area contributed by atoms with Crippen molar-refractivity contribution in [2.75, 3.05) is 60.0 Å². The van der Waals surface area contributed by atoms with E-state index < -0.39 is 0 Å². The van der Waals surface area contributed by atoms with Crippen LogP contribution >= 0.6 is 0 Å². The minimum Gasteiger partial charge on any atom is -0.379 e. The normalized spacial score (nSPS) is 27.0. The van der Waals surface area contributed by atoms with Gasteiger partial charge in [0.1, 0.15) is 0 Å². The van der Waals surface area contributed by atoms with Crippen LogP contribution in [0.1, 0.15) is 25.7 Å². The Morgan fingerprint density at radius 2 is 1.95 bits per heavy atom. The van der Waals surface area contributed by atoms with E-state index in [0.29, 0.717) is 6.04 Å². The zero-order valence-corrected chi connectivity index (χ0v) is 12.7. The highest BCUT2D eigenvalue weighted by molar-refractivity contribution is 4.73. The second kappa shape index (κ2) is 8.20. The first kappa shape index (κ1) is 15.2. The first-order valence-corrected chi connectivity index (χ1v) is 7.92. The van der Waals surface area contributed by atoms with Gasteiger partial charge in [0.05, 0.1) is 13.2 Å². The lowest BCUT2D eigenvalue weighted by Crippen LogP contribution is -2.43. The quantitative estimate of drug-likeness (QED) is 0.779. The summed E-state index contributed by atoms with van der Waals surface area (Å²) in [5.74, 6) is 0.954. The van der Waals surface area contributed by atoms with E-state index in [9.17, 15) is 0 Å². The van der Waals surface area contributed by atoms with Crippen LogP contribution in [0, 0.1) is 5.92 Å². The highest BCUT2D eigenvalue weighted by Crippen LogP contribution is 2.19. The average molecular weight is 269 g/mol. The molecule has 0 radical (unpaired) electrons. The zero-order chi connectivity index (χ0) is 13.5. The summed E-state index contributed by atoms with van der Waals surface area (Å²) in [4.78, 5) is 4.95. The van der Waals surface area contributed by atoms with E-state index >= 15 is 0 Å². The molecule has 1 unspecified atom stereocenters. The molecular formula is C15H31N3O. The fourth-order valence-electron chi connectivity index (χ4n) is 3.05. The Balaban J connectivity index is 1.52. The van der Waals surface area contributed by atoms with Crippen LogP contribution in [0.5, 0.6) is 0 Å². The van der Waals surface area contributed by atoms with Gasteiger partial charge in [-0.25, -0.2) is 0 Å². The molecular weight excluding hydrogens is 238 g/mol. The number of ether oxygens (including phenoxy) is 1. The second-order valence-electron chi connectivity index (χ2n) is 6.35. The Kier molecular flexibility index (Phi) is 6.57. The molecule has 2 aliphatic rings. The molecule has 0 amide bonds. The Bertz CT molecular complexity index is 236. The smallest absolute Gasteiger partial charge is 0.0620 e. The topological polar surface area (TPSA) is 27.7 Å². The molecule has 0 aliphatic carbocycles. The minimum atomic E-state index is 0.569. The number of rotatable bonds is 6. The van der Waals surface area contributed by atoms with Crippen LogP contribution in [-0.4, -0.2) is 75.9 Å². The fourth-order valence-corrected chi connectivity index (χ4v) is 3.05. The van der Waals surface area contributed by atoms with Crippen LogP contribution in [-0.2, 0) is 4.74 Å². The number of hydrogen-bond acceptors (Lipinski definition) is 4. The van der Waals surface area contributed by atoms with Crippen LogP contribution < -0.4 is 5.32 Å². The van der Waals surface area contributed by atoms with Crippen molar-refractivity contribution in [1.29, 1.82) is 0 Å². The highest BCUT2D eigenvalue weighted by atomic mass is 16.5. The highest BCUT2D eigenvalue weighted by Gasteiger charge is 2.17. The molecule has 1 N–H and O–H groups in total. The molecule has 0 aromatic carbocycles. The van der Waals surface area contributed by atoms with E-state index in [1.165, 1.54) is 51.9 Å². The van der Waals surface area contributed by atoms with E-state index in [-0.39, 0.29) is 0 Å². The molecule has 4 heteroatoms. The van der Waals surface area contributed by atoms with Crippen LogP contribution in [0.2, 0.25) is 0 Å². The van der Waals surface area contributed by atoms with Crippen molar-refractivity contribution in [3.63, 3.8) is 0 Å². The lowest BCUT2D eigenvalue weighted by molar-refractivity contribution is 0.0706. The third-order valence-corrected chi connectivity index (χ3v) is 4.61. The third-order valence-electron chi connectivity index (χ3n) is 4.61. The molecule has 0 aromatic rings. The molecule has 2 saturated heterocycles. The van der Waals surface area contributed by atoms with Crippen molar-refractivity contribution in [2.24, 2.45) is 5.92 Å². The number of morpholine rings is 1. The number of nitrogens with zero attached hydrogens (tertiary/aromatic N) is 2. The molecule has 0 bridgehead atoms. The molecule has 0 aromatic heterocycles. The Morgan fingerprint density at radius 1 is 1.21 bits per heavy atom. The Morgan fingerprint density at radius 3 is 2.63 bits per heavy atom. The van der Waals surface area contributed by atoms with Gasteiger partial charge in [0.15, 0.2) is 0 Å². The first-order chi connectivity index (χ1) is 9.24. The minimum absolute atomic E-state index is 0.569. The molecule has 112 valence electrons. The van der Waals surface area contributed by atoms with E-state index in [1.54, 1.807) is 0 Å². The second-order valence-corrected chi connectivity index (χ2v) is 6.35. The largest absolute Gasteiger partial charge is 0.379 e. The Hall–Kier alpha value is -0.160. The summed E-state index contributed by atoms with van der Waals surface area (Å²) in [7, 11) is 4.50. The maximum Gasteiger partial charge on any atom is 0.0620 e. The van der Waals surface area contributed by atoms with Gasteiger partial charge in [-0.2, -0.15) is 0 Å². The zero-order valence-electron chi connectivity index (χ0n) is 12.7. The van der Waals surface area contributed by atoms with Crippen molar-refractivity contribution >= 4 is 0 Å². The van der Waals surface area contributed by atoms with E-state index in [0.717, 1.165) is 25.7 Å². The molecule has 2 fully saturated rings.